The minimum Gasteiger partial charge on any atom is -0.379 e. The van der Waals surface area contributed by atoms with Gasteiger partial charge in [-0.1, -0.05) is 43.6 Å². The molecule has 0 fully saturated rings. The molecule has 1 rings (SSSR count). The molecule has 0 spiro atoms. The second-order valence-corrected chi connectivity index (χ2v) is 7.44. The van der Waals surface area contributed by atoms with Crippen LogP contribution in [0.15, 0.2) is 22.7 Å². The first-order chi connectivity index (χ1) is 9.79. The van der Waals surface area contributed by atoms with Crippen molar-refractivity contribution in [1.82, 2.24) is 5.32 Å². The fourth-order valence-electron chi connectivity index (χ4n) is 2.67. The predicted molar refractivity (Wildman–Crippen MR) is 90.1 cm³/mol. The average Bonchev–Trinajstić information content (AvgIpc) is 2.39. The molecule has 0 heterocycles. The van der Waals surface area contributed by atoms with Crippen molar-refractivity contribution in [2.45, 2.75) is 52.7 Å². The molecule has 0 aliphatic carbocycles. The van der Waals surface area contributed by atoms with Crippen LogP contribution >= 0.6 is 15.9 Å². The molecule has 1 aromatic carbocycles. The maximum absolute atomic E-state index is 14.0. The van der Waals surface area contributed by atoms with Crippen LogP contribution in [0, 0.1) is 11.2 Å². The monoisotopic (exact) mass is 359 g/mol. The average molecular weight is 360 g/mol. The highest BCUT2D eigenvalue weighted by molar-refractivity contribution is 9.10. The number of methoxy groups -OCH3 is 1. The van der Waals surface area contributed by atoms with Crippen LogP contribution in [0.4, 0.5) is 4.39 Å². The van der Waals surface area contributed by atoms with Crippen molar-refractivity contribution >= 4 is 15.9 Å². The number of ether oxygens (including phenoxy) is 1. The van der Waals surface area contributed by atoms with Crippen molar-refractivity contribution in [3.05, 3.63) is 34.1 Å². The molecule has 2 nitrogen and oxygen atoms in total. The lowest BCUT2D eigenvalue weighted by molar-refractivity contribution is -0.0111. The third-order valence-corrected chi connectivity index (χ3v) is 4.07. The van der Waals surface area contributed by atoms with Crippen molar-refractivity contribution in [3.8, 4) is 0 Å². The minimum absolute atomic E-state index is 0.0113. The van der Waals surface area contributed by atoms with Gasteiger partial charge in [0.1, 0.15) is 5.82 Å². The lowest BCUT2D eigenvalue weighted by Gasteiger charge is -2.36. The summed E-state index contributed by atoms with van der Waals surface area (Å²) in [5, 5.41) is 3.52. The van der Waals surface area contributed by atoms with Crippen LogP contribution in [-0.2, 0) is 11.2 Å². The van der Waals surface area contributed by atoms with Crippen molar-refractivity contribution in [2.24, 2.45) is 5.41 Å². The zero-order valence-electron chi connectivity index (χ0n) is 13.7. The number of benzene rings is 1. The lowest BCUT2D eigenvalue weighted by atomic mass is 9.82. The van der Waals surface area contributed by atoms with E-state index in [1.165, 1.54) is 6.07 Å². The fourth-order valence-corrected chi connectivity index (χ4v) is 3.08. The van der Waals surface area contributed by atoms with E-state index in [9.17, 15) is 4.39 Å². The second-order valence-electron chi connectivity index (χ2n) is 6.52. The Morgan fingerprint density at radius 2 is 2.00 bits per heavy atom. The molecule has 0 amide bonds. The van der Waals surface area contributed by atoms with Crippen LogP contribution in [-0.4, -0.2) is 25.8 Å². The summed E-state index contributed by atoms with van der Waals surface area (Å²) in [5.41, 5.74) is 0.701. The Hall–Kier alpha value is -0.450. The van der Waals surface area contributed by atoms with Crippen LogP contribution in [0.1, 0.15) is 39.7 Å². The molecule has 1 aromatic rings. The molecule has 2 unspecified atom stereocenters. The molecule has 2 atom stereocenters. The highest BCUT2D eigenvalue weighted by Crippen LogP contribution is 2.27. The van der Waals surface area contributed by atoms with Gasteiger partial charge in [0.25, 0.3) is 0 Å². The van der Waals surface area contributed by atoms with E-state index >= 15 is 0 Å². The van der Waals surface area contributed by atoms with Gasteiger partial charge in [0.2, 0.25) is 0 Å². The standard InChI is InChI=1S/C17H27BrFNO/c1-6-9-20-15(16(21-5)17(2,3)4)11-12-10-13(18)7-8-14(12)19/h7-8,10,15-16,20H,6,9,11H2,1-5H3. The van der Waals surface area contributed by atoms with Gasteiger partial charge in [-0.15, -0.1) is 0 Å². The summed E-state index contributed by atoms with van der Waals surface area (Å²) < 4.78 is 20.6. The van der Waals surface area contributed by atoms with Crippen LogP contribution in [0.25, 0.3) is 0 Å². The van der Waals surface area contributed by atoms with Gasteiger partial charge in [-0.25, -0.2) is 4.39 Å². The molecule has 1 N–H and O–H groups in total. The zero-order valence-corrected chi connectivity index (χ0v) is 15.3. The number of rotatable bonds is 7. The summed E-state index contributed by atoms with van der Waals surface area (Å²) in [7, 11) is 1.73. The van der Waals surface area contributed by atoms with E-state index in [0.717, 1.165) is 17.4 Å². The highest BCUT2D eigenvalue weighted by Gasteiger charge is 2.32. The van der Waals surface area contributed by atoms with Crippen LogP contribution in [0.2, 0.25) is 0 Å². The Balaban J connectivity index is 2.99. The molecule has 4 heteroatoms. The Morgan fingerprint density at radius 1 is 1.33 bits per heavy atom. The Kier molecular flexibility index (Phi) is 7.31. The maximum atomic E-state index is 14.0. The van der Waals surface area contributed by atoms with E-state index in [0.29, 0.717) is 12.0 Å². The number of hydrogen-bond acceptors (Lipinski definition) is 2. The summed E-state index contributed by atoms with van der Waals surface area (Å²) in [6, 6.07) is 5.17. The molecule has 0 bridgehead atoms. The van der Waals surface area contributed by atoms with Gasteiger partial charge in [-0.05, 0) is 48.6 Å². The van der Waals surface area contributed by atoms with Gasteiger partial charge in [-0.3, -0.25) is 0 Å². The normalized spacial score (nSPS) is 15.0. The van der Waals surface area contributed by atoms with Crippen LogP contribution < -0.4 is 5.32 Å². The third kappa shape index (κ3) is 5.68. The summed E-state index contributed by atoms with van der Waals surface area (Å²) in [5.74, 6) is -0.162. The van der Waals surface area contributed by atoms with Gasteiger partial charge in [0.05, 0.1) is 6.10 Å². The minimum atomic E-state index is -0.162. The molecule has 0 aliphatic heterocycles. The molecule has 0 radical (unpaired) electrons. The molecular formula is C17H27BrFNO. The molecule has 120 valence electrons. The summed E-state index contributed by atoms with van der Waals surface area (Å²) in [6.45, 7) is 9.48. The Labute approximate surface area is 136 Å². The SMILES string of the molecule is CCCNC(Cc1cc(Br)ccc1F)C(OC)C(C)(C)C. The van der Waals surface area contributed by atoms with E-state index in [4.69, 9.17) is 4.74 Å². The first-order valence-corrected chi connectivity index (χ1v) is 8.29. The smallest absolute Gasteiger partial charge is 0.126 e. The van der Waals surface area contributed by atoms with E-state index < -0.39 is 0 Å². The Morgan fingerprint density at radius 3 is 2.52 bits per heavy atom. The quantitative estimate of drug-likeness (QED) is 0.770. The van der Waals surface area contributed by atoms with E-state index in [2.05, 4.69) is 48.9 Å². The van der Waals surface area contributed by atoms with E-state index in [1.807, 2.05) is 6.07 Å². The van der Waals surface area contributed by atoms with Crippen LogP contribution in [0.3, 0.4) is 0 Å². The fraction of sp³-hybridized carbons (Fsp3) is 0.647. The molecular weight excluding hydrogens is 333 g/mol. The summed E-state index contributed by atoms with van der Waals surface area (Å²) in [4.78, 5) is 0. The molecule has 0 aromatic heterocycles. The molecule has 0 aliphatic rings. The van der Waals surface area contributed by atoms with Crippen LogP contribution in [0.5, 0.6) is 0 Å². The van der Waals surface area contributed by atoms with Gasteiger partial charge in [0, 0.05) is 17.6 Å². The van der Waals surface area contributed by atoms with Gasteiger partial charge in [-0.2, -0.15) is 0 Å². The topological polar surface area (TPSA) is 21.3 Å². The van der Waals surface area contributed by atoms with Crippen molar-refractivity contribution < 1.29 is 9.13 Å². The number of halogens is 2. The number of nitrogens with one attached hydrogen (secondary N) is 1. The molecule has 21 heavy (non-hydrogen) atoms. The number of hydrogen-bond donors (Lipinski definition) is 1. The first kappa shape index (κ1) is 18.6. The zero-order chi connectivity index (χ0) is 16.0. The molecule has 0 saturated heterocycles. The molecule has 0 saturated carbocycles. The van der Waals surface area contributed by atoms with E-state index in [1.54, 1.807) is 13.2 Å². The largest absolute Gasteiger partial charge is 0.379 e. The summed E-state index contributed by atoms with van der Waals surface area (Å²) >= 11 is 3.41. The van der Waals surface area contributed by atoms with Crippen molar-refractivity contribution in [3.63, 3.8) is 0 Å². The third-order valence-electron chi connectivity index (χ3n) is 3.58. The van der Waals surface area contributed by atoms with Gasteiger partial charge < -0.3 is 10.1 Å². The van der Waals surface area contributed by atoms with E-state index in [-0.39, 0.29) is 23.4 Å². The maximum Gasteiger partial charge on any atom is 0.126 e. The van der Waals surface area contributed by atoms with Crippen molar-refractivity contribution in [2.75, 3.05) is 13.7 Å². The first-order valence-electron chi connectivity index (χ1n) is 7.49. The van der Waals surface area contributed by atoms with Gasteiger partial charge in [0.15, 0.2) is 0 Å². The Bertz CT molecular complexity index is 445. The van der Waals surface area contributed by atoms with Crippen molar-refractivity contribution in [1.29, 1.82) is 0 Å². The van der Waals surface area contributed by atoms with Gasteiger partial charge >= 0.3 is 0 Å². The highest BCUT2D eigenvalue weighted by atomic mass is 79.9. The predicted octanol–water partition coefficient (Wildman–Crippen LogP) is 4.56. The lowest BCUT2D eigenvalue weighted by Crippen LogP contribution is -2.49. The summed E-state index contributed by atoms with van der Waals surface area (Å²) in [6.07, 6.45) is 1.67. The second kappa shape index (κ2) is 8.25.